The standard InChI is InChI=1S/C49H47ClN6O11S2/c50-41-42(67-25-39(58)59)44(47(62)63)68-43(41)29-5-2-7-31(23-29)51-32-16-21-55(49(24-32)17-18-49)69(65,66)26-27-4-1-6-30(22-27)52-48(64)54-19-14-28(15-20-54)33-10-11-36-40-34(33)8-3-9-35(40)46(61)56(36)37-12-13-38(57)53-45(37)60/h1-11,22-23,28,32,37,51H,12-21,24-26H2,(H,52,64)(H,58,59)(H,62,63)(H,53,57,60)/t32-,37?/m0/s1. The molecule has 5 amide bonds. The summed E-state index contributed by atoms with van der Waals surface area (Å²) in [6, 6.07) is 22.6. The van der Waals surface area contributed by atoms with E-state index in [1.54, 1.807) is 51.7 Å². The van der Waals surface area contributed by atoms with Gasteiger partial charge in [0.05, 0.1) is 16.3 Å². The van der Waals surface area contributed by atoms with Crippen LogP contribution in [0.4, 0.5) is 21.9 Å². The molecule has 4 fully saturated rings. The Hall–Kier alpha value is -6.54. The number of hydrogen-bond donors (Lipinski definition) is 5. The van der Waals surface area contributed by atoms with Gasteiger partial charge in [0, 0.05) is 60.0 Å². The molecule has 1 aromatic heterocycles. The van der Waals surface area contributed by atoms with Crippen molar-refractivity contribution in [3.8, 4) is 16.2 Å². The van der Waals surface area contributed by atoms with Crippen molar-refractivity contribution in [1.82, 2.24) is 14.5 Å². The molecule has 20 heteroatoms. The number of anilines is 3. The second-order valence-corrected chi connectivity index (χ2v) is 21.6. The Labute approximate surface area is 405 Å². The number of carboxylic acid groups (broad SMARTS) is 2. The number of nitrogens with zero attached hydrogens (tertiary/aromatic N) is 3. The zero-order valence-electron chi connectivity index (χ0n) is 37.0. The Kier molecular flexibility index (Phi) is 12.1. The number of rotatable bonds is 13. The molecule has 3 saturated heterocycles. The predicted octanol–water partition coefficient (Wildman–Crippen LogP) is 7.50. The number of ether oxygens (including phenoxy) is 1. The first-order valence-electron chi connectivity index (χ1n) is 22.7. The number of carbonyl (C=O) groups excluding carboxylic acids is 4. The highest BCUT2D eigenvalue weighted by molar-refractivity contribution is 7.88. The first-order chi connectivity index (χ1) is 33.1. The molecule has 4 aromatic carbocycles. The van der Waals surface area contributed by atoms with Gasteiger partial charge in [-0.05, 0) is 109 Å². The summed E-state index contributed by atoms with van der Waals surface area (Å²) in [4.78, 5) is 78.4. The van der Waals surface area contributed by atoms with Gasteiger partial charge < -0.3 is 30.5 Å². The maximum Gasteiger partial charge on any atom is 0.349 e. The first-order valence-corrected chi connectivity index (χ1v) is 25.5. The molecular formula is C49H47ClN6O11S2. The molecule has 0 bridgehead atoms. The summed E-state index contributed by atoms with van der Waals surface area (Å²) in [6.07, 6.45) is 4.37. The molecule has 1 aliphatic carbocycles. The molecule has 10 rings (SSSR count). The van der Waals surface area contributed by atoms with Gasteiger partial charge in [0.1, 0.15) is 11.1 Å². The van der Waals surface area contributed by atoms with Crippen molar-refractivity contribution >= 4 is 96.5 Å². The molecule has 5 aromatic rings. The van der Waals surface area contributed by atoms with Crippen LogP contribution in [0.15, 0.2) is 78.9 Å². The quantitative estimate of drug-likeness (QED) is 0.0722. The van der Waals surface area contributed by atoms with Crippen LogP contribution in [0.2, 0.25) is 5.02 Å². The molecule has 0 radical (unpaired) electrons. The van der Waals surface area contributed by atoms with E-state index in [1.165, 1.54) is 4.90 Å². The SMILES string of the molecule is O=C(O)COc1c(C(=O)O)sc(-c2cccc(N[C@H]3CCN(S(=O)(=O)Cc4cccc(NC(=O)N5CCC(c6ccc7c8c(cccc68)C(=O)N7C6CCC(=O)NC6=O)CC5)c4)C4(CC4)C3)c2)c1Cl. The minimum Gasteiger partial charge on any atom is -0.479 e. The minimum absolute atomic E-state index is 0.00660. The van der Waals surface area contributed by atoms with E-state index in [-0.39, 0.29) is 64.0 Å². The molecule has 1 spiro atoms. The molecule has 4 aliphatic heterocycles. The zero-order valence-corrected chi connectivity index (χ0v) is 39.4. The summed E-state index contributed by atoms with van der Waals surface area (Å²) >= 11 is 7.42. The normalized spacial score (nSPS) is 20.3. The number of carbonyl (C=O) groups is 6. The summed E-state index contributed by atoms with van der Waals surface area (Å²) in [7, 11) is -3.76. The van der Waals surface area contributed by atoms with Gasteiger partial charge in [-0.2, -0.15) is 4.31 Å². The molecule has 2 atom stereocenters. The number of imide groups is 1. The van der Waals surface area contributed by atoms with E-state index in [0.29, 0.717) is 78.3 Å². The highest BCUT2D eigenvalue weighted by Crippen LogP contribution is 2.51. The van der Waals surface area contributed by atoms with Gasteiger partial charge in [-0.1, -0.05) is 54.1 Å². The van der Waals surface area contributed by atoms with Crippen LogP contribution in [0, 0.1) is 0 Å². The third kappa shape index (κ3) is 8.88. The lowest BCUT2D eigenvalue weighted by molar-refractivity contribution is -0.139. The average Bonchev–Trinajstić information content (AvgIpc) is 3.89. The number of nitrogens with one attached hydrogen (secondary N) is 3. The lowest BCUT2D eigenvalue weighted by Gasteiger charge is -2.39. The number of hydrogen-bond acceptors (Lipinski definition) is 11. The fourth-order valence-electron chi connectivity index (χ4n) is 10.5. The third-order valence-electron chi connectivity index (χ3n) is 13.9. The number of likely N-dealkylation sites (tertiary alicyclic amines) is 1. The summed E-state index contributed by atoms with van der Waals surface area (Å²) in [5.74, 6) is -3.95. The van der Waals surface area contributed by atoms with E-state index >= 15 is 0 Å². The van der Waals surface area contributed by atoms with Crippen molar-refractivity contribution in [2.24, 2.45) is 0 Å². The number of carboxylic acids is 2. The number of thiophene rings is 1. The van der Waals surface area contributed by atoms with Gasteiger partial charge >= 0.3 is 18.0 Å². The smallest absolute Gasteiger partial charge is 0.349 e. The Balaban J connectivity index is 0.750. The Morgan fingerprint density at radius 3 is 2.39 bits per heavy atom. The largest absolute Gasteiger partial charge is 0.479 e. The fraction of sp³-hybridized carbons (Fsp3) is 0.347. The van der Waals surface area contributed by atoms with Gasteiger partial charge in [0.15, 0.2) is 17.2 Å². The lowest BCUT2D eigenvalue weighted by atomic mass is 9.85. The summed E-state index contributed by atoms with van der Waals surface area (Å²) in [6.45, 7) is 0.532. The number of sulfonamides is 1. The van der Waals surface area contributed by atoms with E-state index in [2.05, 4.69) is 16.0 Å². The number of aliphatic carboxylic acids is 1. The molecule has 69 heavy (non-hydrogen) atoms. The minimum atomic E-state index is -3.76. The molecule has 5 heterocycles. The van der Waals surface area contributed by atoms with Gasteiger partial charge in [-0.15, -0.1) is 11.3 Å². The summed E-state index contributed by atoms with van der Waals surface area (Å²) < 4.78 is 35.1. The number of amides is 5. The zero-order chi connectivity index (χ0) is 48.4. The van der Waals surface area contributed by atoms with Crippen LogP contribution in [0.25, 0.3) is 21.2 Å². The van der Waals surface area contributed by atoms with Crippen LogP contribution >= 0.6 is 22.9 Å². The molecule has 358 valence electrons. The molecule has 17 nitrogen and oxygen atoms in total. The lowest BCUT2D eigenvalue weighted by Crippen LogP contribution is -2.53. The third-order valence-corrected chi connectivity index (χ3v) is 17.5. The van der Waals surface area contributed by atoms with Crippen LogP contribution in [0.1, 0.15) is 88.4 Å². The van der Waals surface area contributed by atoms with Crippen molar-refractivity contribution < 1.29 is 52.1 Å². The maximum absolute atomic E-state index is 14.1. The van der Waals surface area contributed by atoms with E-state index in [1.807, 2.05) is 36.4 Å². The van der Waals surface area contributed by atoms with Crippen LogP contribution in [0.5, 0.6) is 5.75 Å². The van der Waals surface area contributed by atoms with Crippen LogP contribution < -0.4 is 25.6 Å². The van der Waals surface area contributed by atoms with Crippen molar-refractivity contribution in [2.75, 3.05) is 41.8 Å². The molecule has 1 unspecified atom stereocenters. The Morgan fingerprint density at radius 2 is 1.65 bits per heavy atom. The van der Waals surface area contributed by atoms with E-state index in [9.17, 15) is 42.3 Å². The van der Waals surface area contributed by atoms with Crippen molar-refractivity contribution in [3.05, 3.63) is 105 Å². The van der Waals surface area contributed by atoms with Crippen LogP contribution in [0.3, 0.4) is 0 Å². The molecule has 5 N–H and O–H groups in total. The highest BCUT2D eigenvalue weighted by atomic mass is 35.5. The van der Waals surface area contributed by atoms with Gasteiger partial charge in [-0.25, -0.2) is 22.8 Å². The number of halogens is 1. The monoisotopic (exact) mass is 994 g/mol. The van der Waals surface area contributed by atoms with Gasteiger partial charge in [-0.3, -0.25) is 24.6 Å². The van der Waals surface area contributed by atoms with Crippen molar-refractivity contribution in [1.29, 1.82) is 0 Å². The topological polar surface area (TPSA) is 232 Å². The second kappa shape index (κ2) is 18.1. The number of aromatic carboxylic acids is 1. The summed E-state index contributed by atoms with van der Waals surface area (Å²) in [5.41, 5.74) is 4.13. The molecular weight excluding hydrogens is 948 g/mol. The van der Waals surface area contributed by atoms with Crippen LogP contribution in [-0.4, -0.2) is 107 Å². The summed E-state index contributed by atoms with van der Waals surface area (Å²) in [5, 5.41) is 29.4. The first kappa shape index (κ1) is 46.2. The van der Waals surface area contributed by atoms with Crippen LogP contribution in [-0.2, 0) is 30.2 Å². The highest BCUT2D eigenvalue weighted by Gasteiger charge is 2.55. The van der Waals surface area contributed by atoms with Crippen molar-refractivity contribution in [3.63, 3.8) is 0 Å². The van der Waals surface area contributed by atoms with Crippen molar-refractivity contribution in [2.45, 2.75) is 80.7 Å². The van der Waals surface area contributed by atoms with Gasteiger partial charge in [0.25, 0.3) is 5.91 Å². The number of benzene rings is 4. The Bertz CT molecular complexity index is 3090. The molecule has 1 saturated carbocycles. The number of urea groups is 1. The Morgan fingerprint density at radius 1 is 0.899 bits per heavy atom. The second-order valence-electron chi connectivity index (χ2n) is 18.3. The predicted molar refractivity (Wildman–Crippen MR) is 259 cm³/mol. The molecule has 5 aliphatic rings. The maximum atomic E-state index is 14.1. The average molecular weight is 996 g/mol. The van der Waals surface area contributed by atoms with E-state index < -0.39 is 46.1 Å². The van der Waals surface area contributed by atoms with E-state index in [0.717, 1.165) is 46.2 Å². The van der Waals surface area contributed by atoms with Gasteiger partial charge in [0.2, 0.25) is 21.8 Å². The fourth-order valence-corrected chi connectivity index (χ4v) is 13.9. The number of piperidine rings is 3. The van der Waals surface area contributed by atoms with E-state index in [4.69, 9.17) is 21.4 Å².